The average Bonchev–Trinajstić information content (AvgIpc) is 3.37. The van der Waals surface area contributed by atoms with E-state index in [2.05, 4.69) is 63.5 Å². The summed E-state index contributed by atoms with van der Waals surface area (Å²) in [7, 11) is 0. The molecule has 1 spiro atoms. The predicted octanol–water partition coefficient (Wildman–Crippen LogP) is 3.23. The number of nitrogens with one attached hydrogen (secondary N) is 2. The minimum atomic E-state index is -0.0259. The van der Waals surface area contributed by atoms with Gasteiger partial charge in [-0.15, -0.1) is 10.2 Å². The van der Waals surface area contributed by atoms with Gasteiger partial charge in [0, 0.05) is 31.5 Å². The van der Waals surface area contributed by atoms with Gasteiger partial charge in [0.15, 0.2) is 5.96 Å². The molecule has 1 aliphatic heterocycles. The number of benzene rings is 1. The lowest BCUT2D eigenvalue weighted by Gasteiger charge is -2.40. The van der Waals surface area contributed by atoms with Crippen LogP contribution in [-0.4, -0.2) is 39.4 Å². The molecule has 1 aromatic heterocycles. The number of guanidine groups is 1. The molecule has 1 unspecified atom stereocenters. The summed E-state index contributed by atoms with van der Waals surface area (Å²) in [6, 6.07) is 8.63. The molecule has 1 aromatic carbocycles. The van der Waals surface area contributed by atoms with Crippen molar-refractivity contribution in [2.45, 2.75) is 70.6 Å². The number of fused-ring (bicyclic) bond motifs is 1. The van der Waals surface area contributed by atoms with Gasteiger partial charge in [0.1, 0.15) is 23.5 Å². The Morgan fingerprint density at radius 2 is 2.10 bits per heavy atom. The van der Waals surface area contributed by atoms with Crippen LogP contribution in [0.15, 0.2) is 35.6 Å². The minimum Gasteiger partial charge on any atom is -0.487 e. The molecule has 2 heterocycles. The van der Waals surface area contributed by atoms with Crippen molar-refractivity contribution >= 4 is 5.96 Å². The maximum Gasteiger partial charge on any atom is 0.191 e. The second-order valence-electron chi connectivity index (χ2n) is 7.99. The Kier molecular flexibility index (Phi) is 6.02. The van der Waals surface area contributed by atoms with Crippen LogP contribution in [0, 0.1) is 0 Å². The Balaban J connectivity index is 1.49. The molecule has 0 bridgehead atoms. The highest BCUT2D eigenvalue weighted by Crippen LogP contribution is 2.46. The molecular weight excluding hydrogens is 364 g/mol. The summed E-state index contributed by atoms with van der Waals surface area (Å²) in [5.41, 5.74) is 1.20. The van der Waals surface area contributed by atoms with E-state index in [1.165, 1.54) is 18.4 Å². The number of aromatic nitrogens is 3. The third-order valence-corrected chi connectivity index (χ3v) is 5.99. The van der Waals surface area contributed by atoms with Crippen LogP contribution in [0.1, 0.15) is 63.4 Å². The lowest BCUT2D eigenvalue weighted by atomic mass is 9.86. The molecule has 2 aliphatic rings. The minimum absolute atomic E-state index is 0.0259. The summed E-state index contributed by atoms with van der Waals surface area (Å²) < 4.78 is 8.56. The highest BCUT2D eigenvalue weighted by molar-refractivity contribution is 5.80. The van der Waals surface area contributed by atoms with Crippen molar-refractivity contribution in [3.05, 3.63) is 42.0 Å². The van der Waals surface area contributed by atoms with Gasteiger partial charge in [-0.05, 0) is 38.7 Å². The predicted molar refractivity (Wildman–Crippen MR) is 114 cm³/mol. The van der Waals surface area contributed by atoms with E-state index in [-0.39, 0.29) is 11.6 Å². The Bertz CT molecular complexity index is 839. The highest BCUT2D eigenvalue weighted by atomic mass is 16.5. The van der Waals surface area contributed by atoms with E-state index in [1.54, 1.807) is 6.33 Å². The maximum atomic E-state index is 6.49. The normalized spacial score (nSPS) is 20.3. The van der Waals surface area contributed by atoms with Crippen molar-refractivity contribution in [1.82, 2.24) is 25.4 Å². The maximum absolute atomic E-state index is 6.49. The van der Waals surface area contributed by atoms with Crippen LogP contribution in [0.5, 0.6) is 5.75 Å². The van der Waals surface area contributed by atoms with Crippen molar-refractivity contribution in [2.24, 2.45) is 4.99 Å². The Labute approximate surface area is 173 Å². The van der Waals surface area contributed by atoms with Gasteiger partial charge in [0.25, 0.3) is 0 Å². The number of para-hydroxylation sites is 1. The molecule has 7 nitrogen and oxygen atoms in total. The van der Waals surface area contributed by atoms with E-state index in [0.717, 1.165) is 56.3 Å². The first-order valence-electron chi connectivity index (χ1n) is 10.9. The van der Waals surface area contributed by atoms with Crippen molar-refractivity contribution in [2.75, 3.05) is 13.1 Å². The molecule has 1 fully saturated rings. The van der Waals surface area contributed by atoms with Crippen LogP contribution < -0.4 is 15.4 Å². The molecule has 29 heavy (non-hydrogen) atoms. The van der Waals surface area contributed by atoms with Gasteiger partial charge >= 0.3 is 0 Å². The Morgan fingerprint density at radius 1 is 1.28 bits per heavy atom. The summed E-state index contributed by atoms with van der Waals surface area (Å²) in [6.45, 7) is 6.48. The first-order chi connectivity index (χ1) is 14.2. The number of aliphatic imine (C=N–C) groups is 1. The smallest absolute Gasteiger partial charge is 0.191 e. The first kappa shape index (κ1) is 19.7. The van der Waals surface area contributed by atoms with Crippen LogP contribution in [0.4, 0.5) is 0 Å². The fraction of sp³-hybridized carbons (Fsp3) is 0.591. The van der Waals surface area contributed by atoms with E-state index in [9.17, 15) is 0 Å². The third-order valence-electron chi connectivity index (χ3n) is 5.99. The van der Waals surface area contributed by atoms with E-state index in [4.69, 9.17) is 9.73 Å². The number of nitrogens with zero attached hydrogens (tertiary/aromatic N) is 4. The van der Waals surface area contributed by atoms with Gasteiger partial charge in [-0.1, -0.05) is 25.1 Å². The molecule has 156 valence electrons. The van der Waals surface area contributed by atoms with Gasteiger partial charge in [0.05, 0.1) is 12.6 Å². The molecule has 4 rings (SSSR count). The monoisotopic (exact) mass is 396 g/mol. The fourth-order valence-corrected chi connectivity index (χ4v) is 4.57. The topological polar surface area (TPSA) is 76.4 Å². The molecule has 0 radical (unpaired) electrons. The average molecular weight is 397 g/mol. The van der Waals surface area contributed by atoms with Gasteiger partial charge in [0.2, 0.25) is 0 Å². The summed E-state index contributed by atoms with van der Waals surface area (Å²) in [5.74, 6) is 2.87. The zero-order chi connectivity index (χ0) is 20.1. The second kappa shape index (κ2) is 8.84. The lowest BCUT2D eigenvalue weighted by molar-refractivity contribution is 0.0396. The molecule has 2 N–H and O–H groups in total. The zero-order valence-corrected chi connectivity index (χ0v) is 17.5. The fourth-order valence-electron chi connectivity index (χ4n) is 4.57. The zero-order valence-electron chi connectivity index (χ0n) is 17.5. The van der Waals surface area contributed by atoms with E-state index >= 15 is 0 Å². The quantitative estimate of drug-likeness (QED) is 0.579. The largest absolute Gasteiger partial charge is 0.487 e. The van der Waals surface area contributed by atoms with Crippen LogP contribution in [0.25, 0.3) is 0 Å². The number of rotatable bonds is 6. The molecule has 1 saturated carbocycles. The molecule has 1 aliphatic carbocycles. The molecule has 1 atom stereocenters. The number of ether oxygens (including phenoxy) is 1. The van der Waals surface area contributed by atoms with Crippen LogP contribution in [0.2, 0.25) is 0 Å². The molecular formula is C22H32N6O. The van der Waals surface area contributed by atoms with Crippen molar-refractivity contribution < 1.29 is 4.74 Å². The summed E-state index contributed by atoms with van der Waals surface area (Å²) in [4.78, 5) is 4.82. The van der Waals surface area contributed by atoms with Crippen LogP contribution in [-0.2, 0) is 13.0 Å². The Hall–Kier alpha value is -2.57. The summed E-state index contributed by atoms with van der Waals surface area (Å²) in [6.07, 6.45) is 8.43. The lowest BCUT2D eigenvalue weighted by Crippen LogP contribution is -2.46. The van der Waals surface area contributed by atoms with Crippen LogP contribution in [0.3, 0.4) is 0 Å². The van der Waals surface area contributed by atoms with Crippen molar-refractivity contribution in [3.63, 3.8) is 0 Å². The van der Waals surface area contributed by atoms with Crippen molar-refractivity contribution in [3.8, 4) is 5.75 Å². The van der Waals surface area contributed by atoms with Gasteiger partial charge in [-0.3, -0.25) is 4.99 Å². The molecule has 0 saturated heterocycles. The van der Waals surface area contributed by atoms with E-state index in [1.807, 2.05) is 0 Å². The van der Waals surface area contributed by atoms with Crippen LogP contribution >= 0.6 is 0 Å². The van der Waals surface area contributed by atoms with E-state index in [0.29, 0.717) is 6.54 Å². The molecule has 2 aromatic rings. The highest BCUT2D eigenvalue weighted by Gasteiger charge is 2.43. The second-order valence-corrected chi connectivity index (χ2v) is 7.99. The summed E-state index contributed by atoms with van der Waals surface area (Å²) in [5, 5.41) is 15.3. The van der Waals surface area contributed by atoms with Gasteiger partial charge < -0.3 is 19.9 Å². The number of hydrogen-bond donors (Lipinski definition) is 2. The van der Waals surface area contributed by atoms with Gasteiger partial charge in [-0.2, -0.15) is 0 Å². The molecule has 0 amide bonds. The SMILES string of the molecule is CCNC(=NCCn1cnnc1CC)NC1CC2(CCCC2)Oc2ccccc21. The van der Waals surface area contributed by atoms with Crippen molar-refractivity contribution in [1.29, 1.82) is 0 Å². The van der Waals surface area contributed by atoms with Gasteiger partial charge in [-0.25, -0.2) is 0 Å². The standard InChI is InChI=1S/C22H32N6O/c1-3-20-27-25-16-28(20)14-13-24-21(23-4-2)26-18-15-22(11-7-8-12-22)29-19-10-6-5-9-17(18)19/h5-6,9-10,16,18H,3-4,7-8,11-15H2,1-2H3,(H2,23,24,26). The summed E-state index contributed by atoms with van der Waals surface area (Å²) >= 11 is 0. The first-order valence-corrected chi connectivity index (χ1v) is 10.9. The Morgan fingerprint density at radius 3 is 2.90 bits per heavy atom. The number of aryl methyl sites for hydroxylation is 1. The van der Waals surface area contributed by atoms with E-state index < -0.39 is 0 Å². The number of hydrogen-bond acceptors (Lipinski definition) is 4. The molecule has 7 heteroatoms. The third kappa shape index (κ3) is 4.38.